The summed E-state index contributed by atoms with van der Waals surface area (Å²) in [5, 5.41) is 6.86. The summed E-state index contributed by atoms with van der Waals surface area (Å²) in [6.45, 7) is 7.26. The molecule has 0 spiro atoms. The Morgan fingerprint density at radius 2 is 2.14 bits per heavy atom. The predicted molar refractivity (Wildman–Crippen MR) is 32.9 cm³/mol. The zero-order valence-corrected chi connectivity index (χ0v) is 4.76. The van der Waals surface area contributed by atoms with Gasteiger partial charge in [-0.2, -0.15) is 10.2 Å². The van der Waals surface area contributed by atoms with Gasteiger partial charge in [0.15, 0.2) is 0 Å². The predicted octanol–water partition coefficient (Wildman–Crippen LogP) is 1.33. The van der Waals surface area contributed by atoms with E-state index in [2.05, 4.69) is 16.9 Å². The van der Waals surface area contributed by atoms with E-state index in [1.807, 2.05) is 13.8 Å². The second kappa shape index (κ2) is 3.53. The van der Waals surface area contributed by atoms with Crippen molar-refractivity contribution in [2.24, 2.45) is 16.1 Å². The monoisotopic (exact) mass is 98.1 g/mol. The molecule has 0 aromatic carbocycles. The number of hydrogen-bond donors (Lipinski definition) is 0. The molecule has 0 rings (SSSR count). The van der Waals surface area contributed by atoms with E-state index >= 15 is 0 Å². The van der Waals surface area contributed by atoms with Gasteiger partial charge in [0.2, 0.25) is 0 Å². The molecule has 0 heterocycles. The van der Waals surface area contributed by atoms with Gasteiger partial charge >= 0.3 is 0 Å². The van der Waals surface area contributed by atoms with Gasteiger partial charge in [-0.3, -0.25) is 0 Å². The average Bonchev–Trinajstić information content (AvgIpc) is 1.61. The van der Waals surface area contributed by atoms with Crippen LogP contribution in [0, 0.1) is 5.92 Å². The molecule has 0 aliphatic heterocycles. The van der Waals surface area contributed by atoms with E-state index in [4.69, 9.17) is 0 Å². The van der Waals surface area contributed by atoms with Crippen molar-refractivity contribution in [2.45, 2.75) is 13.8 Å². The molecule has 0 aliphatic carbocycles. The fraction of sp³-hybridized carbons (Fsp3) is 0.600. The summed E-state index contributed by atoms with van der Waals surface area (Å²) in [6, 6.07) is 0. The number of rotatable bonds is 2. The Morgan fingerprint density at radius 1 is 1.57 bits per heavy atom. The Kier molecular flexibility index (Phi) is 3.19. The minimum Gasteiger partial charge on any atom is -0.167 e. The van der Waals surface area contributed by atoms with Gasteiger partial charge in [-0.05, 0) is 5.92 Å². The first kappa shape index (κ1) is 6.34. The second-order valence-electron chi connectivity index (χ2n) is 1.65. The van der Waals surface area contributed by atoms with Crippen LogP contribution in [-0.4, -0.2) is 12.9 Å². The normalized spacial score (nSPS) is 10.7. The topological polar surface area (TPSA) is 24.7 Å². The standard InChI is InChI=1S/C5H10N2/c1-5(2)4-7-6-3/h4-5H,3H2,1-2H3/b7-4+. The molecule has 2 nitrogen and oxygen atoms in total. The van der Waals surface area contributed by atoms with Crippen LogP contribution in [0.2, 0.25) is 0 Å². The molecule has 0 aromatic rings. The van der Waals surface area contributed by atoms with Crippen molar-refractivity contribution in [2.75, 3.05) is 0 Å². The van der Waals surface area contributed by atoms with Crippen molar-refractivity contribution >= 4 is 12.9 Å². The van der Waals surface area contributed by atoms with Crippen LogP contribution >= 0.6 is 0 Å². The third kappa shape index (κ3) is 5.34. The maximum absolute atomic E-state index is 3.56. The van der Waals surface area contributed by atoms with Gasteiger partial charge in [0.05, 0.1) is 0 Å². The van der Waals surface area contributed by atoms with Crippen molar-refractivity contribution in [1.29, 1.82) is 0 Å². The fourth-order valence-electron chi connectivity index (χ4n) is 0.180. The van der Waals surface area contributed by atoms with Crippen molar-refractivity contribution in [3.05, 3.63) is 0 Å². The van der Waals surface area contributed by atoms with Gasteiger partial charge in [0, 0.05) is 12.9 Å². The van der Waals surface area contributed by atoms with Crippen LogP contribution < -0.4 is 0 Å². The summed E-state index contributed by atoms with van der Waals surface area (Å²) in [7, 11) is 0. The largest absolute Gasteiger partial charge is 0.167 e. The molecule has 7 heavy (non-hydrogen) atoms. The second-order valence-corrected chi connectivity index (χ2v) is 1.65. The molecular formula is C5H10N2. The van der Waals surface area contributed by atoms with E-state index in [1.165, 1.54) is 0 Å². The van der Waals surface area contributed by atoms with Crippen LogP contribution in [0.3, 0.4) is 0 Å². The Balaban J connectivity index is 3.25. The fourth-order valence-corrected chi connectivity index (χ4v) is 0.180. The summed E-state index contributed by atoms with van der Waals surface area (Å²) in [5.74, 6) is 0.477. The van der Waals surface area contributed by atoms with Crippen LogP contribution in [0.4, 0.5) is 0 Å². The molecule has 0 N–H and O–H groups in total. The maximum Gasteiger partial charge on any atom is 0.0295 e. The first-order valence-corrected chi connectivity index (χ1v) is 2.26. The van der Waals surface area contributed by atoms with Gasteiger partial charge in [0.25, 0.3) is 0 Å². The summed E-state index contributed by atoms with van der Waals surface area (Å²) in [4.78, 5) is 0. The summed E-state index contributed by atoms with van der Waals surface area (Å²) in [5.41, 5.74) is 0. The lowest BCUT2D eigenvalue weighted by molar-refractivity contribution is 0.900. The summed E-state index contributed by atoms with van der Waals surface area (Å²) >= 11 is 0. The Hall–Kier alpha value is -0.660. The van der Waals surface area contributed by atoms with Crippen LogP contribution in [0.1, 0.15) is 13.8 Å². The zero-order chi connectivity index (χ0) is 5.70. The molecular weight excluding hydrogens is 88.1 g/mol. The SMILES string of the molecule is C=N/N=C/C(C)C. The Bertz CT molecular complexity index is 74.1. The first-order valence-electron chi connectivity index (χ1n) is 2.26. The number of hydrogen-bond acceptors (Lipinski definition) is 2. The molecule has 2 heteroatoms. The van der Waals surface area contributed by atoms with E-state index in [9.17, 15) is 0 Å². The minimum atomic E-state index is 0.477. The highest BCUT2D eigenvalue weighted by atomic mass is 15.2. The molecule has 0 amide bonds. The van der Waals surface area contributed by atoms with E-state index < -0.39 is 0 Å². The average molecular weight is 98.1 g/mol. The van der Waals surface area contributed by atoms with Gasteiger partial charge in [-0.15, -0.1) is 0 Å². The highest BCUT2D eigenvalue weighted by Crippen LogP contribution is 1.83. The highest BCUT2D eigenvalue weighted by Gasteiger charge is 1.79. The summed E-state index contributed by atoms with van der Waals surface area (Å²) < 4.78 is 0. The molecule has 0 aliphatic rings. The van der Waals surface area contributed by atoms with Gasteiger partial charge < -0.3 is 0 Å². The Morgan fingerprint density at radius 3 is 2.29 bits per heavy atom. The molecule has 0 radical (unpaired) electrons. The van der Waals surface area contributed by atoms with E-state index in [-0.39, 0.29) is 0 Å². The smallest absolute Gasteiger partial charge is 0.0295 e. The van der Waals surface area contributed by atoms with Crippen molar-refractivity contribution in [3.8, 4) is 0 Å². The lowest BCUT2D eigenvalue weighted by Crippen LogP contribution is -1.84. The summed E-state index contributed by atoms with van der Waals surface area (Å²) in [6.07, 6.45) is 1.74. The molecule has 0 fully saturated rings. The van der Waals surface area contributed by atoms with Crippen LogP contribution in [0.5, 0.6) is 0 Å². The van der Waals surface area contributed by atoms with Crippen LogP contribution in [0.25, 0.3) is 0 Å². The lowest BCUT2D eigenvalue weighted by Gasteiger charge is -1.85. The molecule has 40 valence electrons. The third-order valence-corrected chi connectivity index (χ3v) is 0.446. The van der Waals surface area contributed by atoms with Crippen molar-refractivity contribution in [3.63, 3.8) is 0 Å². The van der Waals surface area contributed by atoms with E-state index in [0.717, 1.165) is 0 Å². The molecule has 0 saturated heterocycles. The molecule has 0 bridgehead atoms. The van der Waals surface area contributed by atoms with E-state index in [1.54, 1.807) is 6.21 Å². The molecule has 0 aromatic heterocycles. The third-order valence-electron chi connectivity index (χ3n) is 0.446. The first-order chi connectivity index (χ1) is 3.27. The van der Waals surface area contributed by atoms with Gasteiger partial charge in [-0.25, -0.2) is 0 Å². The van der Waals surface area contributed by atoms with Crippen molar-refractivity contribution in [1.82, 2.24) is 0 Å². The van der Waals surface area contributed by atoms with Crippen LogP contribution in [0.15, 0.2) is 10.2 Å². The van der Waals surface area contributed by atoms with E-state index in [0.29, 0.717) is 5.92 Å². The molecule has 0 atom stereocenters. The molecule has 0 unspecified atom stereocenters. The Labute approximate surface area is 44.0 Å². The lowest BCUT2D eigenvalue weighted by atomic mass is 10.3. The van der Waals surface area contributed by atoms with Crippen LogP contribution in [-0.2, 0) is 0 Å². The van der Waals surface area contributed by atoms with Gasteiger partial charge in [-0.1, -0.05) is 13.8 Å². The molecule has 0 saturated carbocycles. The highest BCUT2D eigenvalue weighted by molar-refractivity contribution is 5.59. The van der Waals surface area contributed by atoms with Gasteiger partial charge in [0.1, 0.15) is 0 Å². The zero-order valence-electron chi connectivity index (χ0n) is 4.76. The quantitative estimate of drug-likeness (QED) is 0.367. The number of nitrogens with zero attached hydrogens (tertiary/aromatic N) is 2. The maximum atomic E-state index is 3.56. The van der Waals surface area contributed by atoms with Crippen molar-refractivity contribution < 1.29 is 0 Å². The minimum absolute atomic E-state index is 0.477.